The Morgan fingerprint density at radius 2 is 1.67 bits per heavy atom. The normalized spacial score (nSPS) is 14.2. The topological polar surface area (TPSA) is 21.7 Å². The zero-order valence-electron chi connectivity index (χ0n) is 11.1. The molecule has 0 aromatic heterocycles. The standard InChI is InChI=1S/C12H27NO2/c1-7-14-8-12(9-15-11(4)5)13(6)10(2)3/h10-12H,7-9H2,1-6H3. The molecule has 0 N–H and O–H groups in total. The second-order valence-electron chi connectivity index (χ2n) is 4.45. The van der Waals surface area contributed by atoms with Crippen LogP contribution in [0.1, 0.15) is 34.6 Å². The van der Waals surface area contributed by atoms with Crippen molar-refractivity contribution in [3.05, 3.63) is 0 Å². The lowest BCUT2D eigenvalue weighted by molar-refractivity contribution is -0.0123. The van der Waals surface area contributed by atoms with Gasteiger partial charge >= 0.3 is 0 Å². The zero-order valence-corrected chi connectivity index (χ0v) is 11.1. The summed E-state index contributed by atoms with van der Waals surface area (Å²) >= 11 is 0. The summed E-state index contributed by atoms with van der Waals surface area (Å²) in [7, 11) is 2.12. The van der Waals surface area contributed by atoms with Gasteiger partial charge in [0.05, 0.1) is 25.4 Å². The number of rotatable bonds is 8. The summed E-state index contributed by atoms with van der Waals surface area (Å²) in [4.78, 5) is 2.30. The van der Waals surface area contributed by atoms with Gasteiger partial charge in [0, 0.05) is 12.6 Å². The summed E-state index contributed by atoms with van der Waals surface area (Å²) in [6.07, 6.45) is 0.287. The minimum absolute atomic E-state index is 0.287. The maximum Gasteiger partial charge on any atom is 0.0647 e. The predicted molar refractivity (Wildman–Crippen MR) is 64.3 cm³/mol. The van der Waals surface area contributed by atoms with E-state index in [1.807, 2.05) is 6.92 Å². The van der Waals surface area contributed by atoms with Crippen LogP contribution in [0.2, 0.25) is 0 Å². The lowest BCUT2D eigenvalue weighted by Gasteiger charge is -2.31. The highest BCUT2D eigenvalue weighted by Gasteiger charge is 2.18. The van der Waals surface area contributed by atoms with Crippen molar-refractivity contribution < 1.29 is 9.47 Å². The third kappa shape index (κ3) is 6.88. The van der Waals surface area contributed by atoms with Crippen LogP contribution in [-0.2, 0) is 9.47 Å². The molecule has 3 heteroatoms. The Hall–Kier alpha value is -0.120. The molecule has 0 fully saturated rings. The molecule has 0 spiro atoms. The molecule has 0 amide bonds. The van der Waals surface area contributed by atoms with Crippen molar-refractivity contribution in [3.8, 4) is 0 Å². The number of hydrogen-bond acceptors (Lipinski definition) is 3. The van der Waals surface area contributed by atoms with Gasteiger partial charge in [-0.05, 0) is 41.7 Å². The first-order valence-corrected chi connectivity index (χ1v) is 5.90. The van der Waals surface area contributed by atoms with Crippen molar-refractivity contribution in [2.75, 3.05) is 26.9 Å². The van der Waals surface area contributed by atoms with Gasteiger partial charge in [-0.1, -0.05) is 0 Å². The number of likely N-dealkylation sites (N-methyl/N-ethyl adjacent to an activating group) is 1. The summed E-state index contributed by atoms with van der Waals surface area (Å²) in [6, 6.07) is 0.874. The van der Waals surface area contributed by atoms with E-state index >= 15 is 0 Å². The highest BCUT2D eigenvalue weighted by atomic mass is 16.5. The van der Waals surface area contributed by atoms with Crippen LogP contribution in [-0.4, -0.2) is 50.0 Å². The summed E-state index contributed by atoms with van der Waals surface area (Å²) in [6.45, 7) is 12.8. The molecular formula is C12H27NO2. The summed E-state index contributed by atoms with van der Waals surface area (Å²) in [5.74, 6) is 0. The van der Waals surface area contributed by atoms with Crippen LogP contribution >= 0.6 is 0 Å². The van der Waals surface area contributed by atoms with Gasteiger partial charge < -0.3 is 9.47 Å². The largest absolute Gasteiger partial charge is 0.380 e. The Balaban J connectivity index is 4.04. The zero-order chi connectivity index (χ0) is 11.8. The molecular weight excluding hydrogens is 190 g/mol. The van der Waals surface area contributed by atoms with Crippen molar-refractivity contribution in [1.29, 1.82) is 0 Å². The Kier molecular flexibility index (Phi) is 8.02. The van der Waals surface area contributed by atoms with Crippen LogP contribution in [0.3, 0.4) is 0 Å². The number of ether oxygens (including phenoxy) is 2. The van der Waals surface area contributed by atoms with Gasteiger partial charge in [-0.2, -0.15) is 0 Å². The predicted octanol–water partition coefficient (Wildman–Crippen LogP) is 2.16. The number of hydrogen-bond donors (Lipinski definition) is 0. The van der Waals surface area contributed by atoms with Gasteiger partial charge in [0.15, 0.2) is 0 Å². The SMILES string of the molecule is CCOCC(COC(C)C)N(C)C(C)C. The molecule has 0 radical (unpaired) electrons. The van der Waals surface area contributed by atoms with E-state index in [2.05, 4.69) is 39.6 Å². The molecule has 0 aromatic carbocycles. The molecule has 0 rings (SSSR count). The summed E-state index contributed by atoms with van der Waals surface area (Å²) in [5, 5.41) is 0. The fourth-order valence-corrected chi connectivity index (χ4v) is 1.26. The monoisotopic (exact) mass is 217 g/mol. The van der Waals surface area contributed by atoms with Crippen LogP contribution < -0.4 is 0 Å². The molecule has 0 saturated carbocycles. The second-order valence-corrected chi connectivity index (χ2v) is 4.45. The summed E-state index contributed by atoms with van der Waals surface area (Å²) < 4.78 is 11.1. The van der Waals surface area contributed by atoms with Gasteiger partial charge in [-0.3, -0.25) is 4.90 Å². The van der Waals surface area contributed by atoms with Crippen LogP contribution in [0, 0.1) is 0 Å². The van der Waals surface area contributed by atoms with Gasteiger partial charge in [-0.25, -0.2) is 0 Å². The Bertz CT molecular complexity index is 149. The van der Waals surface area contributed by atoms with E-state index in [1.54, 1.807) is 0 Å². The second kappa shape index (κ2) is 8.08. The molecule has 0 aliphatic heterocycles. The average Bonchev–Trinajstić information content (AvgIpc) is 2.16. The minimum atomic E-state index is 0.287. The average molecular weight is 217 g/mol. The van der Waals surface area contributed by atoms with Crippen molar-refractivity contribution in [1.82, 2.24) is 4.90 Å². The van der Waals surface area contributed by atoms with Crippen molar-refractivity contribution >= 4 is 0 Å². The molecule has 3 nitrogen and oxygen atoms in total. The highest BCUT2D eigenvalue weighted by molar-refractivity contribution is 4.71. The van der Waals surface area contributed by atoms with Crippen molar-refractivity contribution in [2.45, 2.75) is 52.8 Å². The van der Waals surface area contributed by atoms with Gasteiger partial charge in [-0.15, -0.1) is 0 Å². The van der Waals surface area contributed by atoms with Gasteiger partial charge in [0.1, 0.15) is 0 Å². The van der Waals surface area contributed by atoms with E-state index in [4.69, 9.17) is 9.47 Å². The van der Waals surface area contributed by atoms with E-state index in [1.165, 1.54) is 0 Å². The Morgan fingerprint density at radius 3 is 2.07 bits per heavy atom. The fourth-order valence-electron chi connectivity index (χ4n) is 1.26. The molecule has 0 saturated heterocycles. The third-order valence-electron chi connectivity index (χ3n) is 2.53. The maximum atomic E-state index is 5.65. The lowest BCUT2D eigenvalue weighted by Crippen LogP contribution is -2.43. The lowest BCUT2D eigenvalue weighted by atomic mass is 10.2. The van der Waals surface area contributed by atoms with E-state index in [-0.39, 0.29) is 6.10 Å². The van der Waals surface area contributed by atoms with Crippen molar-refractivity contribution in [2.24, 2.45) is 0 Å². The fraction of sp³-hybridized carbons (Fsp3) is 1.00. The molecule has 15 heavy (non-hydrogen) atoms. The van der Waals surface area contributed by atoms with Crippen LogP contribution in [0.15, 0.2) is 0 Å². The third-order valence-corrected chi connectivity index (χ3v) is 2.53. The van der Waals surface area contributed by atoms with E-state index in [0.717, 1.165) is 19.8 Å². The molecule has 0 aliphatic rings. The van der Waals surface area contributed by atoms with E-state index < -0.39 is 0 Å². The molecule has 1 atom stereocenters. The van der Waals surface area contributed by atoms with Crippen LogP contribution in [0.4, 0.5) is 0 Å². The van der Waals surface area contributed by atoms with E-state index in [9.17, 15) is 0 Å². The smallest absolute Gasteiger partial charge is 0.0647 e. The first-order chi connectivity index (χ1) is 6.99. The molecule has 0 aromatic rings. The maximum absolute atomic E-state index is 5.65. The first-order valence-electron chi connectivity index (χ1n) is 5.90. The van der Waals surface area contributed by atoms with E-state index in [0.29, 0.717) is 12.1 Å². The number of nitrogens with zero attached hydrogens (tertiary/aromatic N) is 1. The van der Waals surface area contributed by atoms with Crippen LogP contribution in [0.25, 0.3) is 0 Å². The quantitative estimate of drug-likeness (QED) is 0.622. The van der Waals surface area contributed by atoms with Crippen molar-refractivity contribution in [3.63, 3.8) is 0 Å². The highest BCUT2D eigenvalue weighted by Crippen LogP contribution is 2.05. The summed E-state index contributed by atoms with van der Waals surface area (Å²) in [5.41, 5.74) is 0. The molecule has 0 aliphatic carbocycles. The van der Waals surface area contributed by atoms with Crippen LogP contribution in [0.5, 0.6) is 0 Å². The molecule has 0 heterocycles. The minimum Gasteiger partial charge on any atom is -0.380 e. The van der Waals surface area contributed by atoms with Gasteiger partial charge in [0.2, 0.25) is 0 Å². The first kappa shape index (κ1) is 14.9. The molecule has 92 valence electrons. The molecule has 1 unspecified atom stereocenters. The Morgan fingerprint density at radius 1 is 1.07 bits per heavy atom. The van der Waals surface area contributed by atoms with Gasteiger partial charge in [0.25, 0.3) is 0 Å². The molecule has 0 bridgehead atoms. The Labute approximate surface area is 94.7 Å².